The molecule has 2 atom stereocenters. The summed E-state index contributed by atoms with van der Waals surface area (Å²) in [6.45, 7) is 9.66. The molecule has 0 heterocycles. The van der Waals surface area contributed by atoms with Crippen LogP contribution in [0, 0.1) is 11.8 Å². The van der Waals surface area contributed by atoms with Crippen LogP contribution in [0.3, 0.4) is 0 Å². The van der Waals surface area contributed by atoms with Gasteiger partial charge in [-0.1, -0.05) is 59.8 Å². The van der Waals surface area contributed by atoms with Crippen LogP contribution in [-0.2, 0) is 19.1 Å². The summed E-state index contributed by atoms with van der Waals surface area (Å²) in [5.41, 5.74) is 0. The Kier molecular flexibility index (Phi) is 15.7. The SMILES string of the molecule is CCCCC(CC)COC(=O)CCCCC(=O)OCC(CC)CCC. The van der Waals surface area contributed by atoms with Gasteiger partial charge >= 0.3 is 11.9 Å². The molecule has 0 aliphatic carbocycles. The minimum absolute atomic E-state index is 0.141. The van der Waals surface area contributed by atoms with Gasteiger partial charge in [-0.25, -0.2) is 0 Å². The van der Waals surface area contributed by atoms with Crippen LogP contribution < -0.4 is 0 Å². The molecule has 0 bridgehead atoms. The van der Waals surface area contributed by atoms with Crippen molar-refractivity contribution in [2.75, 3.05) is 13.2 Å². The van der Waals surface area contributed by atoms with Gasteiger partial charge in [-0.05, 0) is 37.5 Å². The molecule has 0 rings (SSSR count). The molecule has 0 aromatic rings. The van der Waals surface area contributed by atoms with Gasteiger partial charge in [0, 0.05) is 12.8 Å². The summed E-state index contributed by atoms with van der Waals surface area (Å²) in [5.74, 6) is 0.669. The average molecular weight is 357 g/mol. The molecule has 0 radical (unpaired) electrons. The Labute approximate surface area is 155 Å². The molecule has 0 amide bonds. The first-order valence-corrected chi connectivity index (χ1v) is 10.4. The van der Waals surface area contributed by atoms with Gasteiger partial charge in [0.05, 0.1) is 13.2 Å². The fourth-order valence-corrected chi connectivity index (χ4v) is 2.82. The highest BCUT2D eigenvalue weighted by molar-refractivity contribution is 5.70. The van der Waals surface area contributed by atoms with Gasteiger partial charge in [-0.15, -0.1) is 0 Å². The van der Waals surface area contributed by atoms with E-state index in [4.69, 9.17) is 9.47 Å². The largest absolute Gasteiger partial charge is 0.465 e. The van der Waals surface area contributed by atoms with Crippen molar-refractivity contribution in [2.24, 2.45) is 11.8 Å². The normalized spacial score (nSPS) is 13.3. The number of carbonyl (C=O) groups is 2. The molecule has 0 N–H and O–H groups in total. The number of unbranched alkanes of at least 4 members (excludes halogenated alkanes) is 2. The van der Waals surface area contributed by atoms with Crippen LogP contribution in [0.1, 0.15) is 98.3 Å². The van der Waals surface area contributed by atoms with Crippen LogP contribution >= 0.6 is 0 Å². The lowest BCUT2D eigenvalue weighted by Crippen LogP contribution is -2.14. The number of hydrogen-bond donors (Lipinski definition) is 0. The molecular weight excluding hydrogens is 316 g/mol. The topological polar surface area (TPSA) is 52.6 Å². The van der Waals surface area contributed by atoms with Gasteiger partial charge in [0.1, 0.15) is 0 Å². The Hall–Kier alpha value is -1.06. The summed E-state index contributed by atoms with van der Waals surface area (Å²) >= 11 is 0. The standard InChI is InChI=1S/C21H40O4/c1-5-9-13-19(8-4)17-25-21(23)15-11-10-14-20(22)24-16-18(7-3)12-6-2/h18-19H,5-17H2,1-4H3. The van der Waals surface area contributed by atoms with Crippen LogP contribution in [-0.4, -0.2) is 25.2 Å². The van der Waals surface area contributed by atoms with Crippen molar-refractivity contribution in [2.45, 2.75) is 98.3 Å². The van der Waals surface area contributed by atoms with E-state index < -0.39 is 0 Å². The van der Waals surface area contributed by atoms with Crippen LogP contribution in [0.15, 0.2) is 0 Å². The van der Waals surface area contributed by atoms with E-state index in [1.54, 1.807) is 0 Å². The third-order valence-corrected chi connectivity index (χ3v) is 4.79. The zero-order valence-electron chi connectivity index (χ0n) is 17.0. The first-order valence-electron chi connectivity index (χ1n) is 10.4. The molecule has 0 fully saturated rings. The van der Waals surface area contributed by atoms with Crippen molar-refractivity contribution in [3.63, 3.8) is 0 Å². The third kappa shape index (κ3) is 13.9. The lowest BCUT2D eigenvalue weighted by molar-refractivity contribution is -0.147. The lowest BCUT2D eigenvalue weighted by Gasteiger charge is -2.14. The summed E-state index contributed by atoms with van der Waals surface area (Å²) in [6.07, 6.45) is 9.98. The summed E-state index contributed by atoms with van der Waals surface area (Å²) in [6, 6.07) is 0. The Morgan fingerprint density at radius 1 is 0.680 bits per heavy atom. The molecule has 25 heavy (non-hydrogen) atoms. The van der Waals surface area contributed by atoms with Gasteiger partial charge in [-0.3, -0.25) is 9.59 Å². The van der Waals surface area contributed by atoms with Gasteiger partial charge in [-0.2, -0.15) is 0 Å². The number of esters is 2. The van der Waals surface area contributed by atoms with Crippen LogP contribution in [0.5, 0.6) is 0 Å². The highest BCUT2D eigenvalue weighted by Gasteiger charge is 2.12. The molecule has 0 saturated heterocycles. The van der Waals surface area contributed by atoms with E-state index in [1.807, 2.05) is 0 Å². The Morgan fingerprint density at radius 3 is 1.56 bits per heavy atom. The molecule has 0 aromatic carbocycles. The Bertz CT molecular complexity index is 341. The predicted octanol–water partition coefficient (Wildman–Crippen LogP) is 5.68. The van der Waals surface area contributed by atoms with Crippen LogP contribution in [0.2, 0.25) is 0 Å². The zero-order chi connectivity index (χ0) is 18.9. The molecule has 148 valence electrons. The van der Waals surface area contributed by atoms with E-state index in [0.717, 1.165) is 32.1 Å². The number of hydrogen-bond acceptors (Lipinski definition) is 4. The van der Waals surface area contributed by atoms with E-state index >= 15 is 0 Å². The van der Waals surface area contributed by atoms with Crippen molar-refractivity contribution in [3.05, 3.63) is 0 Å². The van der Waals surface area contributed by atoms with Crippen molar-refractivity contribution in [3.8, 4) is 0 Å². The minimum Gasteiger partial charge on any atom is -0.465 e. The average Bonchev–Trinajstić information content (AvgIpc) is 2.62. The van der Waals surface area contributed by atoms with Crippen molar-refractivity contribution in [1.29, 1.82) is 0 Å². The van der Waals surface area contributed by atoms with Crippen molar-refractivity contribution >= 4 is 11.9 Å². The summed E-state index contributed by atoms with van der Waals surface area (Å²) in [4.78, 5) is 23.5. The van der Waals surface area contributed by atoms with Gasteiger partial charge in [0.15, 0.2) is 0 Å². The molecule has 4 heteroatoms. The first-order chi connectivity index (χ1) is 12.1. The molecule has 0 aromatic heterocycles. The summed E-state index contributed by atoms with van der Waals surface area (Å²) < 4.78 is 10.7. The quantitative estimate of drug-likeness (QED) is 0.264. The van der Waals surface area contributed by atoms with Crippen molar-refractivity contribution in [1.82, 2.24) is 0 Å². The molecule has 0 spiro atoms. The Balaban J connectivity index is 3.71. The zero-order valence-corrected chi connectivity index (χ0v) is 17.0. The monoisotopic (exact) mass is 356 g/mol. The molecule has 0 aliphatic heterocycles. The van der Waals surface area contributed by atoms with Gasteiger partial charge in [0.2, 0.25) is 0 Å². The maximum atomic E-state index is 11.8. The molecule has 0 saturated carbocycles. The second kappa shape index (κ2) is 16.4. The van der Waals surface area contributed by atoms with E-state index in [1.165, 1.54) is 12.8 Å². The fraction of sp³-hybridized carbons (Fsp3) is 0.905. The third-order valence-electron chi connectivity index (χ3n) is 4.79. The van der Waals surface area contributed by atoms with Crippen molar-refractivity contribution < 1.29 is 19.1 Å². The first kappa shape index (κ1) is 23.9. The van der Waals surface area contributed by atoms with E-state index in [0.29, 0.717) is 50.7 Å². The minimum atomic E-state index is -0.145. The molecule has 2 unspecified atom stereocenters. The van der Waals surface area contributed by atoms with Gasteiger partial charge < -0.3 is 9.47 Å². The summed E-state index contributed by atoms with van der Waals surface area (Å²) in [7, 11) is 0. The predicted molar refractivity (Wildman–Crippen MR) is 102 cm³/mol. The number of ether oxygens (including phenoxy) is 2. The molecule has 0 aliphatic rings. The maximum Gasteiger partial charge on any atom is 0.305 e. The summed E-state index contributed by atoms with van der Waals surface area (Å²) in [5, 5.41) is 0. The van der Waals surface area contributed by atoms with E-state index in [2.05, 4.69) is 27.7 Å². The molecule has 4 nitrogen and oxygen atoms in total. The second-order valence-corrected chi connectivity index (χ2v) is 7.05. The van der Waals surface area contributed by atoms with Gasteiger partial charge in [0.25, 0.3) is 0 Å². The Morgan fingerprint density at radius 2 is 1.16 bits per heavy atom. The molecular formula is C21H40O4. The number of carbonyl (C=O) groups excluding carboxylic acids is 2. The van der Waals surface area contributed by atoms with E-state index in [9.17, 15) is 9.59 Å². The van der Waals surface area contributed by atoms with Crippen LogP contribution in [0.4, 0.5) is 0 Å². The maximum absolute atomic E-state index is 11.8. The highest BCUT2D eigenvalue weighted by Crippen LogP contribution is 2.14. The van der Waals surface area contributed by atoms with Crippen LogP contribution in [0.25, 0.3) is 0 Å². The smallest absolute Gasteiger partial charge is 0.305 e. The second-order valence-electron chi connectivity index (χ2n) is 7.05. The lowest BCUT2D eigenvalue weighted by atomic mass is 10.0. The fourth-order valence-electron chi connectivity index (χ4n) is 2.82. The number of rotatable bonds is 16. The highest BCUT2D eigenvalue weighted by atomic mass is 16.5. The van der Waals surface area contributed by atoms with E-state index in [-0.39, 0.29) is 11.9 Å².